The lowest BCUT2D eigenvalue weighted by Crippen LogP contribution is -2.31. The summed E-state index contributed by atoms with van der Waals surface area (Å²) in [6.45, 7) is 5.38. The number of ether oxygens (including phenoxy) is 1. The van der Waals surface area contributed by atoms with Crippen molar-refractivity contribution in [3.05, 3.63) is 25.6 Å². The van der Waals surface area contributed by atoms with Gasteiger partial charge in [0.2, 0.25) is 0 Å². The van der Waals surface area contributed by atoms with E-state index in [1.165, 1.54) is 0 Å². The van der Waals surface area contributed by atoms with E-state index < -0.39 is 0 Å². The molecule has 2 aromatic rings. The predicted molar refractivity (Wildman–Crippen MR) is 79.8 cm³/mol. The van der Waals surface area contributed by atoms with E-state index in [1.807, 2.05) is 13.8 Å². The fourth-order valence-corrected chi connectivity index (χ4v) is 4.05. The Morgan fingerprint density at radius 3 is 2.95 bits per heavy atom. The average Bonchev–Trinajstić information content (AvgIpc) is 2.66. The van der Waals surface area contributed by atoms with Crippen LogP contribution in [0.1, 0.15) is 29.3 Å². The van der Waals surface area contributed by atoms with E-state index >= 15 is 0 Å². The molecule has 19 heavy (non-hydrogen) atoms. The van der Waals surface area contributed by atoms with Crippen LogP contribution in [0.15, 0.2) is 4.79 Å². The Morgan fingerprint density at radius 2 is 2.26 bits per heavy atom. The highest BCUT2D eigenvalue weighted by Crippen LogP contribution is 2.27. The number of aromatic amines is 1. The van der Waals surface area contributed by atoms with Crippen LogP contribution in [0.2, 0.25) is 0 Å². The fraction of sp³-hybridized carbons (Fsp3) is 0.538. The molecule has 2 aromatic heterocycles. The van der Waals surface area contributed by atoms with Crippen molar-refractivity contribution in [2.45, 2.75) is 32.7 Å². The molecule has 3 rings (SSSR count). The van der Waals surface area contributed by atoms with Crippen molar-refractivity contribution < 1.29 is 4.74 Å². The highest BCUT2D eigenvalue weighted by Gasteiger charge is 2.21. The van der Waals surface area contributed by atoms with Gasteiger partial charge in [0.1, 0.15) is 4.83 Å². The number of hydrogen-bond donors (Lipinski definition) is 1. The molecule has 0 spiro atoms. The van der Waals surface area contributed by atoms with Gasteiger partial charge in [-0.05, 0) is 44.5 Å². The SMILES string of the molecule is Cc1sc2[nH]c(=S)n(C3CCCOC3)c(=O)c2c1C. The van der Waals surface area contributed by atoms with Crippen LogP contribution in [-0.4, -0.2) is 22.8 Å². The highest BCUT2D eigenvalue weighted by atomic mass is 32.1. The molecule has 1 aliphatic rings. The molecule has 102 valence electrons. The molecule has 0 saturated carbocycles. The lowest BCUT2D eigenvalue weighted by Gasteiger charge is -2.24. The lowest BCUT2D eigenvalue weighted by molar-refractivity contribution is 0.0573. The van der Waals surface area contributed by atoms with Crippen LogP contribution in [0.3, 0.4) is 0 Å². The number of nitrogens with zero attached hydrogens (tertiary/aromatic N) is 1. The Labute approximate surface area is 120 Å². The molecule has 4 nitrogen and oxygen atoms in total. The second-order valence-corrected chi connectivity index (χ2v) is 6.58. The number of rotatable bonds is 1. The minimum Gasteiger partial charge on any atom is -0.379 e. The van der Waals surface area contributed by atoms with Gasteiger partial charge in [-0.2, -0.15) is 0 Å². The Hall–Kier alpha value is -0.980. The molecule has 0 radical (unpaired) electrons. The number of H-pyrrole nitrogens is 1. The summed E-state index contributed by atoms with van der Waals surface area (Å²) >= 11 is 6.95. The first-order valence-electron chi connectivity index (χ1n) is 6.42. The monoisotopic (exact) mass is 296 g/mol. The summed E-state index contributed by atoms with van der Waals surface area (Å²) in [6, 6.07) is 0.0639. The molecule has 0 aliphatic carbocycles. The first-order chi connectivity index (χ1) is 9.09. The molecule has 6 heteroatoms. The Kier molecular flexibility index (Phi) is 3.32. The first kappa shape index (κ1) is 13.0. The van der Waals surface area contributed by atoms with Gasteiger partial charge < -0.3 is 9.72 Å². The zero-order valence-electron chi connectivity index (χ0n) is 11.0. The smallest absolute Gasteiger partial charge is 0.263 e. The van der Waals surface area contributed by atoms with E-state index in [2.05, 4.69) is 4.98 Å². The third-order valence-electron chi connectivity index (χ3n) is 3.76. The number of fused-ring (bicyclic) bond motifs is 1. The third kappa shape index (κ3) is 2.07. The van der Waals surface area contributed by atoms with Crippen LogP contribution in [0.4, 0.5) is 0 Å². The van der Waals surface area contributed by atoms with Gasteiger partial charge in [0.05, 0.1) is 18.0 Å². The molecular weight excluding hydrogens is 280 g/mol. The summed E-state index contributed by atoms with van der Waals surface area (Å²) in [5, 5.41) is 0.779. The van der Waals surface area contributed by atoms with Gasteiger partial charge in [0.15, 0.2) is 4.77 Å². The van der Waals surface area contributed by atoms with Crippen molar-refractivity contribution in [3.8, 4) is 0 Å². The van der Waals surface area contributed by atoms with Gasteiger partial charge in [0, 0.05) is 11.5 Å². The Bertz CT molecular complexity index is 735. The first-order valence-corrected chi connectivity index (χ1v) is 7.64. The van der Waals surface area contributed by atoms with Crippen LogP contribution in [0, 0.1) is 18.6 Å². The molecule has 0 amide bonds. The number of aryl methyl sites for hydroxylation is 2. The maximum Gasteiger partial charge on any atom is 0.263 e. The number of hydrogen-bond acceptors (Lipinski definition) is 4. The predicted octanol–water partition coefficient (Wildman–Crippen LogP) is 3.09. The molecule has 1 fully saturated rings. The number of aromatic nitrogens is 2. The largest absolute Gasteiger partial charge is 0.379 e. The maximum atomic E-state index is 12.7. The summed E-state index contributed by atoms with van der Waals surface area (Å²) in [7, 11) is 0. The normalized spacial score (nSPS) is 20.0. The maximum absolute atomic E-state index is 12.7. The zero-order chi connectivity index (χ0) is 13.6. The van der Waals surface area contributed by atoms with Crippen molar-refractivity contribution in [2.75, 3.05) is 13.2 Å². The molecule has 1 N–H and O–H groups in total. The van der Waals surface area contributed by atoms with E-state index in [-0.39, 0.29) is 11.6 Å². The molecule has 1 atom stereocenters. The van der Waals surface area contributed by atoms with Crippen molar-refractivity contribution in [3.63, 3.8) is 0 Å². The molecular formula is C13H16N2O2S2. The van der Waals surface area contributed by atoms with Gasteiger partial charge >= 0.3 is 0 Å². The summed E-state index contributed by atoms with van der Waals surface area (Å²) in [4.78, 5) is 18.0. The quantitative estimate of drug-likeness (QED) is 0.823. The van der Waals surface area contributed by atoms with Crippen LogP contribution in [0.25, 0.3) is 10.2 Å². The lowest BCUT2D eigenvalue weighted by atomic mass is 10.1. The summed E-state index contributed by atoms with van der Waals surface area (Å²) in [5.41, 5.74) is 1.08. The second kappa shape index (κ2) is 4.85. The molecule has 0 aromatic carbocycles. The van der Waals surface area contributed by atoms with E-state index in [0.29, 0.717) is 11.4 Å². The van der Waals surface area contributed by atoms with Crippen LogP contribution < -0.4 is 5.56 Å². The Balaban J connectivity index is 2.27. The molecule has 1 unspecified atom stereocenters. The van der Waals surface area contributed by atoms with Crippen molar-refractivity contribution in [1.82, 2.24) is 9.55 Å². The van der Waals surface area contributed by atoms with Crippen LogP contribution >= 0.6 is 23.6 Å². The van der Waals surface area contributed by atoms with Gasteiger partial charge in [-0.15, -0.1) is 11.3 Å². The second-order valence-electron chi connectivity index (χ2n) is 4.96. The Morgan fingerprint density at radius 1 is 1.47 bits per heavy atom. The minimum absolute atomic E-state index is 0.0242. The van der Waals surface area contributed by atoms with Crippen molar-refractivity contribution >= 4 is 33.8 Å². The minimum atomic E-state index is 0.0242. The highest BCUT2D eigenvalue weighted by molar-refractivity contribution is 7.71. The number of thiophene rings is 1. The van der Waals surface area contributed by atoms with E-state index in [1.54, 1.807) is 15.9 Å². The molecule has 3 heterocycles. The van der Waals surface area contributed by atoms with Crippen molar-refractivity contribution in [2.24, 2.45) is 0 Å². The zero-order valence-corrected chi connectivity index (χ0v) is 12.6. The van der Waals surface area contributed by atoms with Crippen molar-refractivity contribution in [1.29, 1.82) is 0 Å². The molecule has 1 aliphatic heterocycles. The molecule has 0 bridgehead atoms. The number of nitrogens with one attached hydrogen (secondary N) is 1. The topological polar surface area (TPSA) is 47.0 Å². The fourth-order valence-electron chi connectivity index (χ4n) is 2.60. The van der Waals surface area contributed by atoms with Gasteiger partial charge in [-0.25, -0.2) is 0 Å². The average molecular weight is 296 g/mol. The summed E-state index contributed by atoms with van der Waals surface area (Å²) in [6.07, 6.45) is 1.93. The van der Waals surface area contributed by atoms with E-state index in [0.717, 1.165) is 40.1 Å². The van der Waals surface area contributed by atoms with E-state index in [4.69, 9.17) is 17.0 Å². The molecule has 1 saturated heterocycles. The van der Waals surface area contributed by atoms with E-state index in [9.17, 15) is 4.79 Å². The van der Waals surface area contributed by atoms with Crippen LogP contribution in [0.5, 0.6) is 0 Å². The summed E-state index contributed by atoms with van der Waals surface area (Å²) < 4.78 is 7.69. The third-order valence-corrected chi connectivity index (χ3v) is 5.18. The van der Waals surface area contributed by atoms with Crippen LogP contribution in [-0.2, 0) is 4.74 Å². The van der Waals surface area contributed by atoms with Gasteiger partial charge in [-0.1, -0.05) is 0 Å². The standard InChI is InChI=1S/C13H16N2O2S2/c1-7-8(2)19-11-10(7)12(16)15(13(18)14-11)9-4-3-5-17-6-9/h9H,3-6H2,1-2H3,(H,14,18). The van der Waals surface area contributed by atoms with Gasteiger partial charge in [-0.3, -0.25) is 9.36 Å². The summed E-state index contributed by atoms with van der Waals surface area (Å²) in [5.74, 6) is 0. The van der Waals surface area contributed by atoms with Gasteiger partial charge in [0.25, 0.3) is 5.56 Å².